The number of likely N-dealkylation sites (tertiary alicyclic amines) is 1. The zero-order chi connectivity index (χ0) is 13.9. The Balaban J connectivity index is 1.89. The molecule has 0 spiro atoms. The van der Waals surface area contributed by atoms with E-state index in [1.165, 1.54) is 0 Å². The minimum absolute atomic E-state index is 0.284. The summed E-state index contributed by atoms with van der Waals surface area (Å²) in [5.74, 6) is 0.621. The van der Waals surface area contributed by atoms with Gasteiger partial charge in [-0.15, -0.1) is 0 Å². The van der Waals surface area contributed by atoms with Crippen molar-refractivity contribution in [2.45, 2.75) is 19.8 Å². The van der Waals surface area contributed by atoms with E-state index in [2.05, 4.69) is 4.90 Å². The third-order valence-corrected chi connectivity index (χ3v) is 3.52. The van der Waals surface area contributed by atoms with E-state index in [0.29, 0.717) is 32.2 Å². The Hall–Kier alpha value is -0.490. The molecular weight excluding hydrogens is 246 g/mol. The standard InChI is InChI=1S/C14H27NO4/c1-13(16)14-3-5-15(6-4-14)7-8-18-11-12-19-10-9-17-2/h14H,3-12H2,1-2H3. The lowest BCUT2D eigenvalue weighted by atomic mass is 9.93. The van der Waals surface area contributed by atoms with Gasteiger partial charge in [0.15, 0.2) is 0 Å². The molecule has 19 heavy (non-hydrogen) atoms. The second-order valence-corrected chi connectivity index (χ2v) is 4.94. The number of Topliss-reactive ketones (excluding diaryl/α,β-unsaturated/α-hetero) is 1. The van der Waals surface area contributed by atoms with Crippen molar-refractivity contribution in [3.05, 3.63) is 0 Å². The van der Waals surface area contributed by atoms with E-state index in [1.807, 2.05) is 0 Å². The van der Waals surface area contributed by atoms with Crippen LogP contribution in [0.3, 0.4) is 0 Å². The zero-order valence-corrected chi connectivity index (χ0v) is 12.2. The number of piperidine rings is 1. The van der Waals surface area contributed by atoms with Crippen LogP contribution in [0, 0.1) is 5.92 Å². The first-order valence-electron chi connectivity index (χ1n) is 7.11. The van der Waals surface area contributed by atoms with Crippen molar-refractivity contribution in [3.8, 4) is 0 Å². The van der Waals surface area contributed by atoms with E-state index >= 15 is 0 Å². The predicted molar refractivity (Wildman–Crippen MR) is 73.4 cm³/mol. The Morgan fingerprint density at radius 2 is 1.63 bits per heavy atom. The van der Waals surface area contributed by atoms with E-state index in [9.17, 15) is 4.79 Å². The molecule has 5 nitrogen and oxygen atoms in total. The van der Waals surface area contributed by atoms with Gasteiger partial charge in [-0.1, -0.05) is 0 Å². The molecule has 0 radical (unpaired) electrons. The molecule has 1 fully saturated rings. The lowest BCUT2D eigenvalue weighted by Gasteiger charge is -2.30. The Morgan fingerprint density at radius 1 is 1.05 bits per heavy atom. The van der Waals surface area contributed by atoms with Gasteiger partial charge < -0.3 is 19.1 Å². The summed E-state index contributed by atoms with van der Waals surface area (Å²) in [6.45, 7) is 7.91. The summed E-state index contributed by atoms with van der Waals surface area (Å²) in [5.41, 5.74) is 0. The topological polar surface area (TPSA) is 48.0 Å². The molecule has 1 heterocycles. The average Bonchev–Trinajstić information content (AvgIpc) is 2.42. The van der Waals surface area contributed by atoms with E-state index in [1.54, 1.807) is 14.0 Å². The Bertz CT molecular complexity index is 240. The van der Waals surface area contributed by atoms with Gasteiger partial charge in [0.1, 0.15) is 5.78 Å². The molecule has 0 aliphatic carbocycles. The third kappa shape index (κ3) is 7.62. The van der Waals surface area contributed by atoms with Gasteiger partial charge in [-0.2, -0.15) is 0 Å². The van der Waals surface area contributed by atoms with E-state index in [-0.39, 0.29) is 5.92 Å². The van der Waals surface area contributed by atoms with Gasteiger partial charge in [-0.05, 0) is 32.9 Å². The van der Waals surface area contributed by atoms with Crippen LogP contribution < -0.4 is 0 Å². The molecule has 1 aliphatic rings. The highest BCUT2D eigenvalue weighted by atomic mass is 16.5. The minimum Gasteiger partial charge on any atom is -0.382 e. The quantitative estimate of drug-likeness (QED) is 0.555. The molecule has 0 saturated carbocycles. The SMILES string of the molecule is COCCOCCOCCN1CCC(C(C)=O)CC1. The van der Waals surface area contributed by atoms with Crippen molar-refractivity contribution in [2.75, 3.05) is 59.8 Å². The van der Waals surface area contributed by atoms with E-state index in [4.69, 9.17) is 14.2 Å². The van der Waals surface area contributed by atoms with Gasteiger partial charge in [-0.25, -0.2) is 0 Å². The largest absolute Gasteiger partial charge is 0.382 e. The van der Waals surface area contributed by atoms with Crippen LogP contribution in [-0.4, -0.2) is 70.5 Å². The molecule has 0 unspecified atom stereocenters. The van der Waals surface area contributed by atoms with Crippen molar-refractivity contribution in [1.82, 2.24) is 4.90 Å². The molecule has 1 saturated heterocycles. The van der Waals surface area contributed by atoms with Gasteiger partial charge in [-0.3, -0.25) is 4.79 Å². The van der Waals surface area contributed by atoms with Crippen molar-refractivity contribution < 1.29 is 19.0 Å². The van der Waals surface area contributed by atoms with Gasteiger partial charge >= 0.3 is 0 Å². The smallest absolute Gasteiger partial charge is 0.133 e. The fraction of sp³-hybridized carbons (Fsp3) is 0.929. The van der Waals surface area contributed by atoms with Crippen LogP contribution >= 0.6 is 0 Å². The van der Waals surface area contributed by atoms with Crippen LogP contribution in [0.15, 0.2) is 0 Å². The highest BCUT2D eigenvalue weighted by Crippen LogP contribution is 2.17. The fourth-order valence-corrected chi connectivity index (χ4v) is 2.22. The second-order valence-electron chi connectivity index (χ2n) is 4.94. The maximum atomic E-state index is 11.2. The first kappa shape index (κ1) is 16.6. The Kier molecular flexibility index (Phi) is 8.99. The Morgan fingerprint density at radius 3 is 2.21 bits per heavy atom. The van der Waals surface area contributed by atoms with Crippen molar-refractivity contribution in [2.24, 2.45) is 5.92 Å². The number of hydrogen-bond donors (Lipinski definition) is 0. The lowest BCUT2D eigenvalue weighted by molar-refractivity contribution is -0.122. The summed E-state index contributed by atoms with van der Waals surface area (Å²) in [7, 11) is 1.66. The second kappa shape index (κ2) is 10.3. The molecule has 112 valence electrons. The van der Waals surface area contributed by atoms with Gasteiger partial charge in [0.25, 0.3) is 0 Å². The van der Waals surface area contributed by atoms with Crippen LogP contribution in [-0.2, 0) is 19.0 Å². The summed E-state index contributed by atoms with van der Waals surface area (Å²) in [5, 5.41) is 0. The highest BCUT2D eigenvalue weighted by molar-refractivity contribution is 5.78. The summed E-state index contributed by atoms with van der Waals surface area (Å²) >= 11 is 0. The van der Waals surface area contributed by atoms with Crippen LogP contribution in [0.2, 0.25) is 0 Å². The number of carbonyl (C=O) groups is 1. The van der Waals surface area contributed by atoms with Gasteiger partial charge in [0.2, 0.25) is 0 Å². The summed E-state index contributed by atoms with van der Waals surface area (Å²) in [6.07, 6.45) is 1.99. The lowest BCUT2D eigenvalue weighted by Crippen LogP contribution is -2.37. The normalized spacial score (nSPS) is 17.8. The molecule has 1 rings (SSSR count). The first-order chi connectivity index (χ1) is 9.24. The van der Waals surface area contributed by atoms with Crippen LogP contribution in [0.5, 0.6) is 0 Å². The molecule has 0 atom stereocenters. The summed E-state index contributed by atoms with van der Waals surface area (Å²) in [4.78, 5) is 13.6. The van der Waals surface area contributed by atoms with Crippen molar-refractivity contribution in [3.63, 3.8) is 0 Å². The summed E-state index contributed by atoms with van der Waals surface area (Å²) < 4.78 is 15.7. The molecule has 0 amide bonds. The number of hydrogen-bond acceptors (Lipinski definition) is 5. The minimum atomic E-state index is 0.284. The maximum absolute atomic E-state index is 11.2. The third-order valence-electron chi connectivity index (χ3n) is 3.52. The zero-order valence-electron chi connectivity index (χ0n) is 12.2. The maximum Gasteiger partial charge on any atom is 0.133 e. The molecule has 0 aromatic carbocycles. The Labute approximate surface area is 116 Å². The van der Waals surface area contributed by atoms with Crippen LogP contribution in [0.1, 0.15) is 19.8 Å². The number of nitrogens with zero attached hydrogens (tertiary/aromatic N) is 1. The average molecular weight is 273 g/mol. The van der Waals surface area contributed by atoms with E-state index in [0.717, 1.165) is 39.1 Å². The molecule has 5 heteroatoms. The molecule has 0 aromatic heterocycles. The number of ether oxygens (including phenoxy) is 3. The number of rotatable bonds is 10. The number of methoxy groups -OCH3 is 1. The number of carbonyl (C=O) groups excluding carboxylic acids is 1. The monoisotopic (exact) mass is 273 g/mol. The molecule has 0 aromatic rings. The fourth-order valence-electron chi connectivity index (χ4n) is 2.22. The summed E-state index contributed by atoms with van der Waals surface area (Å²) in [6, 6.07) is 0. The van der Waals surface area contributed by atoms with Gasteiger partial charge in [0.05, 0.1) is 33.0 Å². The van der Waals surface area contributed by atoms with Crippen molar-refractivity contribution in [1.29, 1.82) is 0 Å². The van der Waals surface area contributed by atoms with Crippen LogP contribution in [0.4, 0.5) is 0 Å². The molecule has 0 N–H and O–H groups in total. The number of ketones is 1. The van der Waals surface area contributed by atoms with E-state index < -0.39 is 0 Å². The van der Waals surface area contributed by atoms with Crippen LogP contribution in [0.25, 0.3) is 0 Å². The predicted octanol–water partition coefficient (Wildman–Crippen LogP) is 0.967. The molecule has 0 bridgehead atoms. The van der Waals surface area contributed by atoms with Gasteiger partial charge in [0, 0.05) is 19.6 Å². The molecular formula is C14H27NO4. The molecule has 1 aliphatic heterocycles. The first-order valence-corrected chi connectivity index (χ1v) is 7.11. The highest BCUT2D eigenvalue weighted by Gasteiger charge is 2.21. The van der Waals surface area contributed by atoms with Crippen molar-refractivity contribution >= 4 is 5.78 Å².